The second-order valence-electron chi connectivity index (χ2n) is 3.57. The van der Waals surface area contributed by atoms with Crippen LogP contribution in [0.25, 0.3) is 0 Å². The molecule has 0 saturated carbocycles. The summed E-state index contributed by atoms with van der Waals surface area (Å²) in [6, 6.07) is 3.51. The van der Waals surface area contributed by atoms with Gasteiger partial charge in [0.2, 0.25) is 0 Å². The van der Waals surface area contributed by atoms with E-state index in [1.54, 1.807) is 12.1 Å². The van der Waals surface area contributed by atoms with E-state index >= 15 is 0 Å². The summed E-state index contributed by atoms with van der Waals surface area (Å²) >= 11 is 6.11. The standard InChI is InChI=1S/C10H13BClNO3/c1-2-15-7-4-3-6(12)9-8(5-13)16-11(14)10(7)9/h3-4,8,14H,2,5,13H2,1H3/p+1. The molecular weight excluding hydrogens is 228 g/mol. The molecule has 0 aliphatic carbocycles. The Balaban J connectivity index is 2.52. The first-order valence-electron chi connectivity index (χ1n) is 5.26. The molecule has 4 N–H and O–H groups in total. The van der Waals surface area contributed by atoms with Crippen molar-refractivity contribution in [1.82, 2.24) is 0 Å². The van der Waals surface area contributed by atoms with Crippen molar-refractivity contribution in [1.29, 1.82) is 0 Å². The molecule has 1 aromatic rings. The molecule has 1 aromatic carbocycles. The highest BCUT2D eigenvalue weighted by Crippen LogP contribution is 2.32. The zero-order chi connectivity index (χ0) is 11.7. The quantitative estimate of drug-likeness (QED) is 0.718. The highest BCUT2D eigenvalue weighted by molar-refractivity contribution is 6.63. The first-order valence-corrected chi connectivity index (χ1v) is 5.64. The Hall–Kier alpha value is -0.745. The summed E-state index contributed by atoms with van der Waals surface area (Å²) in [6.07, 6.45) is -0.252. The summed E-state index contributed by atoms with van der Waals surface area (Å²) in [4.78, 5) is 0. The fourth-order valence-electron chi connectivity index (χ4n) is 1.96. The maximum atomic E-state index is 9.83. The van der Waals surface area contributed by atoms with Crippen LogP contribution < -0.4 is 15.9 Å². The third-order valence-electron chi connectivity index (χ3n) is 2.62. The minimum absolute atomic E-state index is 0.252. The van der Waals surface area contributed by atoms with E-state index in [9.17, 15) is 5.02 Å². The Morgan fingerprint density at radius 1 is 1.62 bits per heavy atom. The average molecular weight is 242 g/mol. The van der Waals surface area contributed by atoms with E-state index in [0.717, 1.165) is 5.56 Å². The minimum Gasteiger partial charge on any atom is -0.494 e. The van der Waals surface area contributed by atoms with Crippen molar-refractivity contribution in [3.63, 3.8) is 0 Å². The van der Waals surface area contributed by atoms with Crippen LogP contribution >= 0.6 is 11.6 Å². The number of benzene rings is 1. The van der Waals surface area contributed by atoms with Crippen LogP contribution in [0.2, 0.25) is 5.02 Å². The molecule has 0 amide bonds. The summed E-state index contributed by atoms with van der Waals surface area (Å²) in [5.41, 5.74) is 5.22. The molecule has 1 unspecified atom stereocenters. The molecule has 86 valence electrons. The van der Waals surface area contributed by atoms with Gasteiger partial charge in [-0.3, -0.25) is 0 Å². The lowest BCUT2D eigenvalue weighted by Crippen LogP contribution is -2.53. The van der Waals surface area contributed by atoms with Gasteiger partial charge in [-0.05, 0) is 19.1 Å². The van der Waals surface area contributed by atoms with E-state index < -0.39 is 7.12 Å². The van der Waals surface area contributed by atoms with Crippen molar-refractivity contribution in [3.05, 3.63) is 22.7 Å². The lowest BCUT2D eigenvalue weighted by molar-refractivity contribution is -0.383. The number of hydrogen-bond donors (Lipinski definition) is 2. The summed E-state index contributed by atoms with van der Waals surface area (Å²) < 4.78 is 10.8. The third-order valence-corrected chi connectivity index (χ3v) is 2.95. The number of halogens is 1. The maximum absolute atomic E-state index is 9.83. The normalized spacial score (nSPS) is 18.8. The lowest BCUT2D eigenvalue weighted by atomic mass is 9.78. The molecule has 1 aliphatic rings. The zero-order valence-electron chi connectivity index (χ0n) is 9.07. The number of rotatable bonds is 3. The van der Waals surface area contributed by atoms with Gasteiger partial charge >= 0.3 is 7.12 Å². The van der Waals surface area contributed by atoms with E-state index in [-0.39, 0.29) is 6.10 Å². The van der Waals surface area contributed by atoms with Crippen molar-refractivity contribution in [2.75, 3.05) is 13.2 Å². The molecule has 0 fully saturated rings. The van der Waals surface area contributed by atoms with Gasteiger partial charge in [0.1, 0.15) is 18.4 Å². The molecule has 1 heterocycles. The number of fused-ring (bicyclic) bond motifs is 1. The van der Waals surface area contributed by atoms with E-state index in [1.807, 2.05) is 6.92 Å². The molecule has 16 heavy (non-hydrogen) atoms. The highest BCUT2D eigenvalue weighted by Gasteiger charge is 2.39. The van der Waals surface area contributed by atoms with Gasteiger partial charge in [0.05, 0.1) is 6.61 Å². The molecule has 0 aromatic heterocycles. The van der Waals surface area contributed by atoms with Crippen LogP contribution in [0.15, 0.2) is 12.1 Å². The molecular formula is C10H14BClNO3+. The van der Waals surface area contributed by atoms with Gasteiger partial charge in [-0.2, -0.15) is 0 Å². The number of quaternary nitrogens is 1. The number of hydrogen-bond acceptors (Lipinski definition) is 3. The van der Waals surface area contributed by atoms with Crippen molar-refractivity contribution < 1.29 is 20.1 Å². The largest absolute Gasteiger partial charge is 0.496 e. The first kappa shape index (κ1) is 11.7. The molecule has 0 saturated heterocycles. The Kier molecular flexibility index (Phi) is 3.40. The van der Waals surface area contributed by atoms with Crippen LogP contribution in [0.1, 0.15) is 18.6 Å². The smallest absolute Gasteiger partial charge is 0.494 e. The third kappa shape index (κ3) is 1.80. The van der Waals surface area contributed by atoms with Crippen LogP contribution in [-0.2, 0) is 4.65 Å². The molecule has 0 bridgehead atoms. The molecule has 2 rings (SSSR count). The summed E-state index contributed by atoms with van der Waals surface area (Å²) in [5, 5.41) is 10.4. The predicted molar refractivity (Wildman–Crippen MR) is 61.8 cm³/mol. The highest BCUT2D eigenvalue weighted by atomic mass is 35.5. The van der Waals surface area contributed by atoms with Crippen LogP contribution in [0, 0.1) is 0 Å². The number of ether oxygens (including phenoxy) is 1. The topological polar surface area (TPSA) is 66.3 Å². The zero-order valence-corrected chi connectivity index (χ0v) is 9.83. The van der Waals surface area contributed by atoms with Crippen molar-refractivity contribution in [2.45, 2.75) is 13.0 Å². The molecule has 0 spiro atoms. The average Bonchev–Trinajstić information content (AvgIpc) is 2.61. The van der Waals surface area contributed by atoms with Crippen molar-refractivity contribution in [3.8, 4) is 5.75 Å². The van der Waals surface area contributed by atoms with Gasteiger partial charge in [0.15, 0.2) is 0 Å². The van der Waals surface area contributed by atoms with Crippen LogP contribution in [-0.4, -0.2) is 25.3 Å². The molecule has 4 nitrogen and oxygen atoms in total. The van der Waals surface area contributed by atoms with Crippen molar-refractivity contribution in [2.24, 2.45) is 0 Å². The fraction of sp³-hybridized carbons (Fsp3) is 0.400. The van der Waals surface area contributed by atoms with E-state index in [0.29, 0.717) is 29.4 Å². The Bertz CT molecular complexity index is 402. The van der Waals surface area contributed by atoms with Gasteiger partial charge < -0.3 is 20.1 Å². The lowest BCUT2D eigenvalue weighted by Gasteiger charge is -2.11. The fourth-order valence-corrected chi connectivity index (χ4v) is 2.24. The van der Waals surface area contributed by atoms with Gasteiger partial charge in [0, 0.05) is 16.0 Å². The Labute approximate surface area is 99.4 Å². The summed E-state index contributed by atoms with van der Waals surface area (Å²) in [5.74, 6) is 0.630. The van der Waals surface area contributed by atoms with E-state index in [1.165, 1.54) is 0 Å². The van der Waals surface area contributed by atoms with Gasteiger partial charge in [-0.15, -0.1) is 0 Å². The summed E-state index contributed by atoms with van der Waals surface area (Å²) in [7, 11) is -0.970. The second kappa shape index (κ2) is 4.63. The van der Waals surface area contributed by atoms with E-state index in [4.69, 9.17) is 21.0 Å². The minimum atomic E-state index is -0.970. The van der Waals surface area contributed by atoms with Gasteiger partial charge in [-0.25, -0.2) is 0 Å². The molecule has 6 heteroatoms. The van der Waals surface area contributed by atoms with E-state index in [2.05, 4.69) is 5.73 Å². The Morgan fingerprint density at radius 3 is 3.00 bits per heavy atom. The van der Waals surface area contributed by atoms with Crippen LogP contribution in [0.4, 0.5) is 0 Å². The van der Waals surface area contributed by atoms with Gasteiger partial charge in [-0.1, -0.05) is 11.6 Å². The summed E-state index contributed by atoms with van der Waals surface area (Å²) in [6.45, 7) is 2.96. The molecule has 1 atom stereocenters. The maximum Gasteiger partial charge on any atom is 0.496 e. The monoisotopic (exact) mass is 242 g/mol. The van der Waals surface area contributed by atoms with Crippen molar-refractivity contribution >= 4 is 24.2 Å². The Morgan fingerprint density at radius 2 is 2.38 bits per heavy atom. The van der Waals surface area contributed by atoms with Gasteiger partial charge in [0.25, 0.3) is 0 Å². The molecule has 1 aliphatic heterocycles. The SMILES string of the molecule is CCOc1ccc(Cl)c2c1B(O)OC2C[NH3+]. The second-order valence-corrected chi connectivity index (χ2v) is 3.98. The predicted octanol–water partition coefficient (Wildman–Crippen LogP) is -0.261. The molecule has 0 radical (unpaired) electrons. The van der Waals surface area contributed by atoms with Crippen LogP contribution in [0.3, 0.4) is 0 Å². The first-order chi connectivity index (χ1) is 7.69. The van der Waals surface area contributed by atoms with Crippen LogP contribution in [0.5, 0.6) is 5.75 Å².